The molecular formula is C16H13ClN2O. The molecular weight excluding hydrogens is 272 g/mol. The van der Waals surface area contributed by atoms with Gasteiger partial charge in [-0.1, -0.05) is 41.9 Å². The topological polar surface area (TPSA) is 27.1 Å². The highest BCUT2D eigenvalue weighted by atomic mass is 35.5. The highest BCUT2D eigenvalue weighted by Crippen LogP contribution is 2.16. The molecule has 3 nitrogen and oxygen atoms in total. The maximum absolute atomic E-state index is 5.87. The predicted molar refractivity (Wildman–Crippen MR) is 79.3 cm³/mol. The Balaban J connectivity index is 1.69. The maximum atomic E-state index is 5.87. The first-order valence-electron chi connectivity index (χ1n) is 6.29. The van der Waals surface area contributed by atoms with Crippen molar-refractivity contribution in [2.24, 2.45) is 0 Å². The summed E-state index contributed by atoms with van der Waals surface area (Å²) in [5, 5.41) is 5.09. The Labute approximate surface area is 122 Å². The summed E-state index contributed by atoms with van der Waals surface area (Å²) in [5.41, 5.74) is 2.07. The normalized spacial score (nSPS) is 10.4. The first kappa shape index (κ1) is 12.8. The zero-order chi connectivity index (χ0) is 13.8. The van der Waals surface area contributed by atoms with Crippen molar-refractivity contribution in [3.05, 3.63) is 77.4 Å². The summed E-state index contributed by atoms with van der Waals surface area (Å²) in [4.78, 5) is 0. The molecule has 100 valence electrons. The molecule has 1 aromatic heterocycles. The molecule has 0 aliphatic carbocycles. The second-order valence-electron chi connectivity index (χ2n) is 4.35. The molecule has 0 unspecified atom stereocenters. The summed E-state index contributed by atoms with van der Waals surface area (Å²) in [5.74, 6) is 0.601. The molecule has 2 aromatic carbocycles. The van der Waals surface area contributed by atoms with E-state index >= 15 is 0 Å². The highest BCUT2D eigenvalue weighted by Gasteiger charge is 2.02. The van der Waals surface area contributed by atoms with Crippen molar-refractivity contribution >= 4 is 11.6 Å². The Bertz CT molecular complexity index is 677. The number of rotatable bonds is 4. The van der Waals surface area contributed by atoms with Gasteiger partial charge in [-0.25, -0.2) is 4.68 Å². The smallest absolute Gasteiger partial charge is 0.233 e. The van der Waals surface area contributed by atoms with Crippen LogP contribution in [0.2, 0.25) is 5.02 Å². The predicted octanol–water partition coefficient (Wildman–Crippen LogP) is 4.10. The first-order chi connectivity index (χ1) is 9.81. The highest BCUT2D eigenvalue weighted by molar-refractivity contribution is 6.30. The molecule has 0 fully saturated rings. The third-order valence-corrected chi connectivity index (χ3v) is 3.14. The Hall–Kier alpha value is -2.26. The molecule has 0 amide bonds. The summed E-state index contributed by atoms with van der Waals surface area (Å²) in [6, 6.07) is 19.4. The van der Waals surface area contributed by atoms with Gasteiger partial charge in [0.2, 0.25) is 5.88 Å². The van der Waals surface area contributed by atoms with Crippen LogP contribution in [0.5, 0.6) is 5.88 Å². The van der Waals surface area contributed by atoms with E-state index in [1.807, 2.05) is 66.9 Å². The third kappa shape index (κ3) is 3.00. The van der Waals surface area contributed by atoms with Crippen LogP contribution in [-0.2, 0) is 6.61 Å². The molecule has 1 heterocycles. The van der Waals surface area contributed by atoms with Gasteiger partial charge in [-0.2, -0.15) is 0 Å². The van der Waals surface area contributed by atoms with Crippen LogP contribution in [0.1, 0.15) is 5.56 Å². The number of ether oxygens (including phenoxy) is 1. The van der Waals surface area contributed by atoms with Crippen molar-refractivity contribution in [3.8, 4) is 11.6 Å². The van der Waals surface area contributed by atoms with Gasteiger partial charge in [0.15, 0.2) is 0 Å². The summed E-state index contributed by atoms with van der Waals surface area (Å²) >= 11 is 5.87. The molecule has 4 heteroatoms. The molecule has 0 N–H and O–H groups in total. The second kappa shape index (κ2) is 5.80. The fraction of sp³-hybridized carbons (Fsp3) is 0.0625. The van der Waals surface area contributed by atoms with Gasteiger partial charge in [0, 0.05) is 17.3 Å². The van der Waals surface area contributed by atoms with Gasteiger partial charge in [-0.05, 0) is 29.8 Å². The lowest BCUT2D eigenvalue weighted by atomic mass is 10.2. The van der Waals surface area contributed by atoms with Crippen molar-refractivity contribution in [3.63, 3.8) is 0 Å². The monoisotopic (exact) mass is 284 g/mol. The van der Waals surface area contributed by atoms with Crippen LogP contribution >= 0.6 is 11.6 Å². The number of hydrogen-bond donors (Lipinski definition) is 0. The summed E-state index contributed by atoms with van der Waals surface area (Å²) < 4.78 is 7.42. The van der Waals surface area contributed by atoms with Crippen LogP contribution in [-0.4, -0.2) is 9.78 Å². The molecule has 3 aromatic rings. The minimum atomic E-state index is 0.512. The van der Waals surface area contributed by atoms with E-state index in [2.05, 4.69) is 5.10 Å². The molecule has 20 heavy (non-hydrogen) atoms. The van der Waals surface area contributed by atoms with E-state index in [0.717, 1.165) is 11.3 Å². The lowest BCUT2D eigenvalue weighted by Gasteiger charge is -2.03. The molecule has 0 bridgehead atoms. The molecule has 0 saturated heterocycles. The van der Waals surface area contributed by atoms with Crippen molar-refractivity contribution in [2.45, 2.75) is 6.61 Å². The molecule has 0 saturated carbocycles. The SMILES string of the molecule is Clc1ccc(-n2ccc(OCc3ccccc3)n2)cc1. The van der Waals surface area contributed by atoms with Gasteiger partial charge in [-0.3, -0.25) is 0 Å². The fourth-order valence-electron chi connectivity index (χ4n) is 1.85. The molecule has 3 rings (SSSR count). The average molecular weight is 285 g/mol. The number of halogens is 1. The average Bonchev–Trinajstić information content (AvgIpc) is 2.96. The summed E-state index contributed by atoms with van der Waals surface area (Å²) in [6.07, 6.45) is 1.86. The van der Waals surface area contributed by atoms with Crippen LogP contribution in [0.25, 0.3) is 5.69 Å². The van der Waals surface area contributed by atoms with Crippen molar-refractivity contribution < 1.29 is 4.74 Å². The number of nitrogens with zero attached hydrogens (tertiary/aromatic N) is 2. The van der Waals surface area contributed by atoms with Gasteiger partial charge < -0.3 is 4.74 Å². The third-order valence-electron chi connectivity index (χ3n) is 2.89. The minimum absolute atomic E-state index is 0.512. The van der Waals surface area contributed by atoms with E-state index in [1.165, 1.54) is 0 Å². The number of aromatic nitrogens is 2. The molecule has 0 aliphatic heterocycles. The van der Waals surface area contributed by atoms with E-state index < -0.39 is 0 Å². The van der Waals surface area contributed by atoms with E-state index in [1.54, 1.807) is 4.68 Å². The van der Waals surface area contributed by atoms with Crippen LogP contribution in [0, 0.1) is 0 Å². The van der Waals surface area contributed by atoms with E-state index in [0.29, 0.717) is 17.5 Å². The molecule has 0 atom stereocenters. The van der Waals surface area contributed by atoms with Crippen LogP contribution in [0.15, 0.2) is 66.9 Å². The minimum Gasteiger partial charge on any atom is -0.472 e. The largest absolute Gasteiger partial charge is 0.472 e. The van der Waals surface area contributed by atoms with E-state index in [4.69, 9.17) is 16.3 Å². The zero-order valence-electron chi connectivity index (χ0n) is 10.7. The molecule has 0 spiro atoms. The Morgan fingerprint density at radius 1 is 0.950 bits per heavy atom. The molecule has 0 radical (unpaired) electrons. The van der Waals surface area contributed by atoms with Gasteiger partial charge in [0.1, 0.15) is 6.61 Å². The quantitative estimate of drug-likeness (QED) is 0.721. The first-order valence-corrected chi connectivity index (χ1v) is 6.67. The van der Waals surface area contributed by atoms with Gasteiger partial charge in [0.25, 0.3) is 0 Å². The van der Waals surface area contributed by atoms with Gasteiger partial charge in [0.05, 0.1) is 5.69 Å². The Kier molecular flexibility index (Phi) is 3.70. The Morgan fingerprint density at radius 3 is 2.45 bits per heavy atom. The Morgan fingerprint density at radius 2 is 1.70 bits per heavy atom. The van der Waals surface area contributed by atoms with Crippen LogP contribution in [0.4, 0.5) is 0 Å². The van der Waals surface area contributed by atoms with Crippen LogP contribution in [0.3, 0.4) is 0 Å². The number of benzene rings is 2. The fourth-order valence-corrected chi connectivity index (χ4v) is 1.98. The second-order valence-corrected chi connectivity index (χ2v) is 4.79. The molecule has 0 aliphatic rings. The zero-order valence-corrected chi connectivity index (χ0v) is 11.5. The van der Waals surface area contributed by atoms with Gasteiger partial charge in [-0.15, -0.1) is 5.10 Å². The van der Waals surface area contributed by atoms with Crippen LogP contribution < -0.4 is 4.74 Å². The van der Waals surface area contributed by atoms with E-state index in [9.17, 15) is 0 Å². The maximum Gasteiger partial charge on any atom is 0.233 e. The lowest BCUT2D eigenvalue weighted by Crippen LogP contribution is -1.98. The van der Waals surface area contributed by atoms with Crippen molar-refractivity contribution in [2.75, 3.05) is 0 Å². The number of hydrogen-bond acceptors (Lipinski definition) is 2. The van der Waals surface area contributed by atoms with Gasteiger partial charge >= 0.3 is 0 Å². The summed E-state index contributed by atoms with van der Waals surface area (Å²) in [7, 11) is 0. The van der Waals surface area contributed by atoms with Crippen molar-refractivity contribution in [1.29, 1.82) is 0 Å². The standard InChI is InChI=1S/C16H13ClN2O/c17-14-6-8-15(9-7-14)19-11-10-16(18-19)20-12-13-4-2-1-3-5-13/h1-11H,12H2. The van der Waals surface area contributed by atoms with Crippen molar-refractivity contribution in [1.82, 2.24) is 9.78 Å². The summed E-state index contributed by atoms with van der Waals surface area (Å²) in [6.45, 7) is 0.512. The van der Waals surface area contributed by atoms with E-state index in [-0.39, 0.29) is 0 Å². The lowest BCUT2D eigenvalue weighted by molar-refractivity contribution is 0.292.